The van der Waals surface area contributed by atoms with Crippen molar-refractivity contribution in [2.75, 3.05) is 77.6 Å². The number of nitrogens with one attached hydrogen (secondary N) is 2. The number of aromatic amines is 1. The predicted octanol–water partition coefficient (Wildman–Crippen LogP) is 4.48. The van der Waals surface area contributed by atoms with Crippen LogP contribution in [-0.4, -0.2) is 116 Å². The van der Waals surface area contributed by atoms with Gasteiger partial charge < -0.3 is 34.3 Å². The lowest BCUT2D eigenvalue weighted by Crippen LogP contribution is -2.44. The van der Waals surface area contributed by atoms with Gasteiger partial charge in [0.05, 0.1) is 31.0 Å². The van der Waals surface area contributed by atoms with Gasteiger partial charge in [0, 0.05) is 55.4 Å². The van der Waals surface area contributed by atoms with Crippen LogP contribution in [0.25, 0.3) is 11.6 Å². The van der Waals surface area contributed by atoms with Gasteiger partial charge in [0.25, 0.3) is 11.8 Å². The molecule has 2 aliphatic rings. The van der Waals surface area contributed by atoms with Crippen LogP contribution in [0, 0.1) is 25.6 Å². The van der Waals surface area contributed by atoms with Gasteiger partial charge in [-0.3, -0.25) is 14.4 Å². The van der Waals surface area contributed by atoms with Gasteiger partial charge >= 0.3 is 6.09 Å². The number of H-pyrrole nitrogens is 1. The first-order valence-electron chi connectivity index (χ1n) is 16.7. The van der Waals surface area contributed by atoms with Crippen molar-refractivity contribution in [1.82, 2.24) is 19.7 Å². The summed E-state index contributed by atoms with van der Waals surface area (Å²) in [7, 11) is 0. The summed E-state index contributed by atoms with van der Waals surface area (Å²) in [5, 5.41) is 2.74. The van der Waals surface area contributed by atoms with E-state index in [1.165, 1.54) is 18.2 Å². The quantitative estimate of drug-likeness (QED) is 0.210. The van der Waals surface area contributed by atoms with E-state index >= 15 is 0 Å². The Morgan fingerprint density at radius 2 is 1.75 bits per heavy atom. The van der Waals surface area contributed by atoms with E-state index in [-0.39, 0.29) is 43.1 Å². The SMILES string of the molecule is CCOCCOCC(=O)N1CCC(COC(=O)N(CCN(CC)CC)C(=O)c2c(C)[nH]c(/C=C3\C(=O)Nc4ccc(F)cc43)c2C)CC1. The highest BCUT2D eigenvalue weighted by Gasteiger charge is 2.31. The second-order valence-corrected chi connectivity index (χ2v) is 12.0. The first-order chi connectivity index (χ1) is 23.1. The standard InChI is InChI=1S/C35H48FN5O7/c1-6-39(7-2)15-16-41(35(45)48-21-25-11-13-40(14-12-25)31(42)22-47-18-17-46-8-3)34(44)32-23(4)30(37-24(32)5)20-28-27-19-26(36)9-10-29(27)38-33(28)43/h9-10,19-20,25,37H,6-8,11-18,21-22H2,1-5H3,(H,38,43)/b28-20-. The van der Waals surface area contributed by atoms with Crippen LogP contribution in [0.4, 0.5) is 14.9 Å². The van der Waals surface area contributed by atoms with Crippen molar-refractivity contribution < 1.29 is 37.8 Å². The topological polar surface area (TPSA) is 134 Å². The molecular weight excluding hydrogens is 621 g/mol. The Labute approximate surface area is 281 Å². The third-order valence-electron chi connectivity index (χ3n) is 8.95. The van der Waals surface area contributed by atoms with Crippen LogP contribution in [0.5, 0.6) is 0 Å². The molecule has 12 nitrogen and oxygen atoms in total. The number of imide groups is 1. The molecule has 0 aliphatic carbocycles. The number of anilines is 1. The summed E-state index contributed by atoms with van der Waals surface area (Å²) in [6.45, 7) is 14.2. The lowest BCUT2D eigenvalue weighted by molar-refractivity contribution is -0.138. The molecule has 4 amide bonds. The lowest BCUT2D eigenvalue weighted by atomic mass is 9.98. The van der Waals surface area contributed by atoms with Gasteiger partial charge in [0.1, 0.15) is 12.4 Å². The van der Waals surface area contributed by atoms with E-state index in [2.05, 4.69) is 15.2 Å². The fourth-order valence-electron chi connectivity index (χ4n) is 6.01. The van der Waals surface area contributed by atoms with Crippen LogP contribution in [0.15, 0.2) is 18.2 Å². The molecule has 0 radical (unpaired) electrons. The number of fused-ring (bicyclic) bond motifs is 1. The molecule has 0 atom stereocenters. The number of likely N-dealkylation sites (tertiary alicyclic amines) is 1. The Kier molecular flexibility index (Phi) is 13.3. The molecule has 1 fully saturated rings. The number of hydrogen-bond donors (Lipinski definition) is 2. The summed E-state index contributed by atoms with van der Waals surface area (Å²) < 4.78 is 30.4. The third-order valence-corrected chi connectivity index (χ3v) is 8.95. The number of carbonyl (C=O) groups excluding carboxylic acids is 4. The molecule has 1 aromatic heterocycles. The smallest absolute Gasteiger partial charge is 0.416 e. The molecule has 0 spiro atoms. The molecule has 3 heterocycles. The van der Waals surface area contributed by atoms with Crippen molar-refractivity contribution in [2.45, 2.75) is 47.5 Å². The van der Waals surface area contributed by atoms with Crippen molar-refractivity contribution in [3.63, 3.8) is 0 Å². The van der Waals surface area contributed by atoms with Crippen LogP contribution in [0.3, 0.4) is 0 Å². The molecular formula is C35H48FN5O7. The first-order valence-corrected chi connectivity index (χ1v) is 16.7. The fraction of sp³-hybridized carbons (Fsp3) is 0.543. The van der Waals surface area contributed by atoms with Gasteiger partial charge in [-0.15, -0.1) is 0 Å². The van der Waals surface area contributed by atoms with Gasteiger partial charge in [-0.25, -0.2) is 14.1 Å². The van der Waals surface area contributed by atoms with Crippen LogP contribution >= 0.6 is 0 Å². The van der Waals surface area contributed by atoms with Crippen molar-refractivity contribution >= 4 is 41.2 Å². The maximum absolute atomic E-state index is 14.1. The molecule has 2 N–H and O–H groups in total. The summed E-state index contributed by atoms with van der Waals surface area (Å²) >= 11 is 0. The Bertz CT molecular complexity index is 1490. The molecule has 262 valence electrons. The molecule has 48 heavy (non-hydrogen) atoms. The monoisotopic (exact) mass is 669 g/mol. The van der Waals surface area contributed by atoms with Gasteiger partial charge in [0.2, 0.25) is 5.91 Å². The summed E-state index contributed by atoms with van der Waals surface area (Å²) in [5.41, 5.74) is 3.12. The number of rotatable bonds is 15. The van der Waals surface area contributed by atoms with E-state index in [9.17, 15) is 23.6 Å². The normalized spacial score (nSPS) is 15.6. The van der Waals surface area contributed by atoms with E-state index in [0.717, 1.165) is 18.0 Å². The van der Waals surface area contributed by atoms with Crippen LogP contribution in [-0.2, 0) is 23.8 Å². The number of aryl methyl sites for hydroxylation is 1. The van der Waals surface area contributed by atoms with Crippen LogP contribution in [0.1, 0.15) is 66.5 Å². The maximum Gasteiger partial charge on any atom is 0.416 e. The number of halogens is 1. The van der Waals surface area contributed by atoms with E-state index in [1.807, 2.05) is 20.8 Å². The van der Waals surface area contributed by atoms with E-state index in [1.54, 1.807) is 24.8 Å². The van der Waals surface area contributed by atoms with Gasteiger partial charge in [-0.05, 0) is 82.5 Å². The van der Waals surface area contributed by atoms with E-state index < -0.39 is 17.8 Å². The Hall–Kier alpha value is -4.07. The van der Waals surface area contributed by atoms with Crippen molar-refractivity contribution in [3.8, 4) is 0 Å². The second-order valence-electron chi connectivity index (χ2n) is 12.0. The van der Waals surface area contributed by atoms with Gasteiger partial charge in [0.15, 0.2) is 0 Å². The van der Waals surface area contributed by atoms with Gasteiger partial charge in [-0.2, -0.15) is 0 Å². The highest BCUT2D eigenvalue weighted by atomic mass is 19.1. The van der Waals surface area contributed by atoms with Gasteiger partial charge in [-0.1, -0.05) is 13.8 Å². The zero-order valence-electron chi connectivity index (χ0n) is 28.7. The van der Waals surface area contributed by atoms with Crippen molar-refractivity contribution in [3.05, 3.63) is 52.1 Å². The van der Waals surface area contributed by atoms with Crippen LogP contribution < -0.4 is 5.32 Å². The van der Waals surface area contributed by atoms with E-state index in [4.69, 9.17) is 14.2 Å². The van der Waals surface area contributed by atoms with Crippen LogP contribution in [0.2, 0.25) is 0 Å². The summed E-state index contributed by atoms with van der Waals surface area (Å²) in [4.78, 5) is 61.0. The number of carbonyl (C=O) groups is 4. The highest BCUT2D eigenvalue weighted by Crippen LogP contribution is 2.34. The number of hydrogen-bond acceptors (Lipinski definition) is 8. The fourth-order valence-corrected chi connectivity index (χ4v) is 6.01. The summed E-state index contributed by atoms with van der Waals surface area (Å²) in [6, 6.07) is 4.08. The zero-order valence-corrected chi connectivity index (χ0v) is 28.7. The number of amides is 4. The number of piperidine rings is 1. The number of ether oxygens (including phenoxy) is 3. The summed E-state index contributed by atoms with van der Waals surface area (Å²) in [6.07, 6.45) is 2.20. The minimum Gasteiger partial charge on any atom is -0.449 e. The molecule has 2 aromatic rings. The minimum atomic E-state index is -0.729. The molecule has 0 unspecified atom stereocenters. The molecule has 2 aliphatic heterocycles. The molecule has 1 aromatic carbocycles. The van der Waals surface area contributed by atoms with E-state index in [0.29, 0.717) is 86.1 Å². The molecule has 1 saturated heterocycles. The minimum absolute atomic E-state index is 0.00613. The largest absolute Gasteiger partial charge is 0.449 e. The molecule has 0 bridgehead atoms. The van der Waals surface area contributed by atoms with Crippen molar-refractivity contribution in [1.29, 1.82) is 0 Å². The number of likely N-dealkylation sites (N-methyl/N-ethyl adjacent to an activating group) is 1. The Morgan fingerprint density at radius 3 is 2.44 bits per heavy atom. The first kappa shape index (κ1) is 36.8. The molecule has 0 saturated carbocycles. The Morgan fingerprint density at radius 1 is 1.04 bits per heavy atom. The zero-order chi connectivity index (χ0) is 34.8. The molecule has 13 heteroatoms. The maximum atomic E-state index is 14.1. The lowest BCUT2D eigenvalue weighted by Gasteiger charge is -2.32. The second kappa shape index (κ2) is 17.4. The van der Waals surface area contributed by atoms with Crippen molar-refractivity contribution in [2.24, 2.45) is 5.92 Å². The predicted molar refractivity (Wildman–Crippen MR) is 180 cm³/mol. The Balaban J connectivity index is 1.43. The number of nitrogens with zero attached hydrogens (tertiary/aromatic N) is 3. The third kappa shape index (κ3) is 9.09. The average molecular weight is 670 g/mol. The highest BCUT2D eigenvalue weighted by molar-refractivity contribution is 6.35. The average Bonchev–Trinajstić information content (AvgIpc) is 3.54. The molecule has 4 rings (SSSR count). The summed E-state index contributed by atoms with van der Waals surface area (Å²) in [5.74, 6) is -1.37. The number of aromatic nitrogens is 1. The number of benzene rings is 1.